The van der Waals surface area contributed by atoms with Crippen LogP contribution in [-0.2, 0) is 29.4 Å². The monoisotopic (exact) mass is 526 g/mol. The molecule has 1 aromatic heterocycles. The molecule has 1 spiro atoms. The van der Waals surface area contributed by atoms with E-state index in [-0.39, 0.29) is 23.6 Å². The van der Waals surface area contributed by atoms with Crippen LogP contribution in [0, 0.1) is 0 Å². The maximum Gasteiger partial charge on any atom is 0.410 e. The van der Waals surface area contributed by atoms with E-state index in [1.807, 2.05) is 31.7 Å². The topological polar surface area (TPSA) is 58.6 Å². The summed E-state index contributed by atoms with van der Waals surface area (Å²) in [7, 11) is 0. The summed E-state index contributed by atoms with van der Waals surface area (Å²) in [5.74, 6) is 1.09. The highest BCUT2D eigenvalue weighted by molar-refractivity contribution is 7.98. The summed E-state index contributed by atoms with van der Waals surface area (Å²) in [6, 6.07) is 6.74. The molecule has 2 fully saturated rings. The summed E-state index contributed by atoms with van der Waals surface area (Å²) in [5.41, 5.74) is 4.91. The average molecular weight is 527 g/mol. The van der Waals surface area contributed by atoms with Gasteiger partial charge in [-0.05, 0) is 89.2 Å². The molecule has 0 saturated carbocycles. The van der Waals surface area contributed by atoms with Crippen LogP contribution >= 0.6 is 23.4 Å². The minimum atomic E-state index is -0.480. The molecule has 36 heavy (non-hydrogen) atoms. The Morgan fingerprint density at radius 3 is 2.47 bits per heavy atom. The summed E-state index contributed by atoms with van der Waals surface area (Å²) >= 11 is 8.19. The third-order valence-corrected chi connectivity index (χ3v) is 9.42. The highest BCUT2D eigenvalue weighted by atomic mass is 35.5. The zero-order valence-corrected chi connectivity index (χ0v) is 23.2. The van der Waals surface area contributed by atoms with Crippen molar-refractivity contribution in [2.75, 3.05) is 24.2 Å². The predicted octanol–water partition coefficient (Wildman–Crippen LogP) is 5.81. The first-order valence-electron chi connectivity index (χ1n) is 13.2. The molecule has 6 nitrogen and oxygen atoms in total. The van der Waals surface area contributed by atoms with Crippen molar-refractivity contribution in [3.8, 4) is 0 Å². The van der Waals surface area contributed by atoms with Gasteiger partial charge in [-0.2, -0.15) is 0 Å². The summed E-state index contributed by atoms with van der Waals surface area (Å²) < 4.78 is 5.75. The smallest absolute Gasteiger partial charge is 0.410 e. The number of ether oxygens (including phenoxy) is 1. The normalized spacial score (nSPS) is 26.8. The maximum absolute atomic E-state index is 13.0. The van der Waals surface area contributed by atoms with E-state index in [4.69, 9.17) is 26.3 Å². The molecular formula is C28H35ClN4O2S. The first kappa shape index (κ1) is 24.4. The molecule has 4 aliphatic rings. The second-order valence-electron chi connectivity index (χ2n) is 11.9. The fourth-order valence-corrected chi connectivity index (χ4v) is 7.61. The van der Waals surface area contributed by atoms with Crippen LogP contribution in [-0.4, -0.2) is 58.0 Å². The number of piperazine rings is 1. The minimum absolute atomic E-state index is 0.128. The van der Waals surface area contributed by atoms with Crippen LogP contribution in [0.25, 0.3) is 0 Å². The average Bonchev–Trinajstić information content (AvgIpc) is 3.32. The molecule has 2 aromatic rings. The lowest BCUT2D eigenvalue weighted by atomic mass is 9.69. The Kier molecular flexibility index (Phi) is 5.95. The second-order valence-corrected chi connectivity index (χ2v) is 13.0. The van der Waals surface area contributed by atoms with Gasteiger partial charge in [0, 0.05) is 29.1 Å². The van der Waals surface area contributed by atoms with Crippen molar-refractivity contribution < 1.29 is 9.53 Å². The first-order valence-corrected chi connectivity index (χ1v) is 14.8. The van der Waals surface area contributed by atoms with E-state index in [0.717, 1.165) is 74.0 Å². The Balaban J connectivity index is 1.30. The van der Waals surface area contributed by atoms with Crippen LogP contribution in [0.2, 0.25) is 5.02 Å². The van der Waals surface area contributed by atoms with E-state index in [9.17, 15) is 4.79 Å². The number of benzene rings is 1. The van der Waals surface area contributed by atoms with Gasteiger partial charge in [-0.1, -0.05) is 35.5 Å². The summed E-state index contributed by atoms with van der Waals surface area (Å²) in [4.78, 5) is 27.5. The fraction of sp³-hybridized carbons (Fsp3) is 0.607. The van der Waals surface area contributed by atoms with E-state index in [0.29, 0.717) is 0 Å². The number of rotatable bonds is 2. The molecule has 1 aromatic carbocycles. The van der Waals surface area contributed by atoms with Gasteiger partial charge in [0.1, 0.15) is 11.4 Å². The second kappa shape index (κ2) is 8.80. The van der Waals surface area contributed by atoms with Crippen molar-refractivity contribution in [1.29, 1.82) is 0 Å². The van der Waals surface area contributed by atoms with Crippen LogP contribution < -0.4 is 4.90 Å². The standard InChI is InChI=1S/C28H35ClN4O2S/c1-27(2,3)35-26(34)33-17-8-9-18(33)16-32(15-17)24-20-11-13-28(14-23(20)30-25(31-24)36-4)12-10-19-21(28)6-5-7-22(19)29/h5-7,17-18H,8-16H2,1-4H3. The number of fused-ring (bicyclic) bond motifs is 5. The molecule has 0 N–H and O–H groups in total. The van der Waals surface area contributed by atoms with Crippen LogP contribution in [0.3, 0.4) is 0 Å². The van der Waals surface area contributed by atoms with Crippen LogP contribution in [0.5, 0.6) is 0 Å². The molecule has 192 valence electrons. The predicted molar refractivity (Wildman–Crippen MR) is 144 cm³/mol. The van der Waals surface area contributed by atoms with Gasteiger partial charge in [0.05, 0.1) is 17.8 Å². The number of amides is 1. The zero-order valence-electron chi connectivity index (χ0n) is 21.6. The number of hydrogen-bond donors (Lipinski definition) is 0. The molecule has 3 unspecified atom stereocenters. The molecule has 8 heteroatoms. The number of nitrogens with zero attached hydrogens (tertiary/aromatic N) is 4. The van der Waals surface area contributed by atoms with Gasteiger partial charge in [0.2, 0.25) is 0 Å². The number of aromatic nitrogens is 2. The van der Waals surface area contributed by atoms with Gasteiger partial charge in [0.25, 0.3) is 0 Å². The van der Waals surface area contributed by atoms with Gasteiger partial charge in [-0.15, -0.1) is 0 Å². The van der Waals surface area contributed by atoms with Crippen LogP contribution in [0.4, 0.5) is 10.6 Å². The van der Waals surface area contributed by atoms with Crippen molar-refractivity contribution in [3.63, 3.8) is 0 Å². The highest BCUT2D eigenvalue weighted by Crippen LogP contribution is 2.50. The van der Waals surface area contributed by atoms with Crippen molar-refractivity contribution in [3.05, 3.63) is 45.6 Å². The van der Waals surface area contributed by atoms with Gasteiger partial charge < -0.3 is 9.64 Å². The number of halogens is 1. The van der Waals surface area contributed by atoms with Crippen molar-refractivity contribution in [1.82, 2.24) is 14.9 Å². The third-order valence-electron chi connectivity index (χ3n) is 8.52. The lowest BCUT2D eigenvalue weighted by Crippen LogP contribution is -2.57. The molecule has 3 atom stereocenters. The van der Waals surface area contributed by atoms with E-state index in [2.05, 4.69) is 23.3 Å². The number of hydrogen-bond acceptors (Lipinski definition) is 6. The number of carbonyl (C=O) groups excluding carboxylic acids is 1. The number of carbonyl (C=O) groups is 1. The maximum atomic E-state index is 13.0. The van der Waals surface area contributed by atoms with Crippen LogP contribution in [0.15, 0.2) is 23.4 Å². The Morgan fingerprint density at radius 2 is 1.81 bits per heavy atom. The zero-order chi connectivity index (χ0) is 25.2. The number of thioether (sulfide) groups is 1. The van der Waals surface area contributed by atoms with E-state index in [1.165, 1.54) is 22.4 Å². The molecule has 2 bridgehead atoms. The molecule has 1 amide bonds. The third kappa shape index (κ3) is 4.07. The molecule has 2 aliphatic carbocycles. The van der Waals surface area contributed by atoms with Gasteiger partial charge in [0.15, 0.2) is 5.16 Å². The molecule has 0 radical (unpaired) electrons. The van der Waals surface area contributed by atoms with E-state index >= 15 is 0 Å². The van der Waals surface area contributed by atoms with Crippen LogP contribution in [0.1, 0.15) is 68.8 Å². The van der Waals surface area contributed by atoms with Crippen molar-refractivity contribution >= 4 is 35.3 Å². The van der Waals surface area contributed by atoms with E-state index in [1.54, 1.807) is 11.8 Å². The number of anilines is 1. The largest absolute Gasteiger partial charge is 0.444 e. The van der Waals surface area contributed by atoms with Gasteiger partial charge in [-0.25, -0.2) is 14.8 Å². The SMILES string of the molecule is CSc1nc2c(c(N3CC4CCC(C3)N4C(=O)OC(C)(C)C)n1)CCC1(CCc3c(Cl)cccc31)C2. The summed E-state index contributed by atoms with van der Waals surface area (Å²) in [6.07, 6.45) is 9.13. The Morgan fingerprint density at radius 1 is 1.11 bits per heavy atom. The minimum Gasteiger partial charge on any atom is -0.444 e. The lowest BCUT2D eigenvalue weighted by molar-refractivity contribution is 0.0122. The van der Waals surface area contributed by atoms with Gasteiger partial charge >= 0.3 is 6.09 Å². The molecule has 2 aliphatic heterocycles. The highest BCUT2D eigenvalue weighted by Gasteiger charge is 2.47. The van der Waals surface area contributed by atoms with Gasteiger partial charge in [-0.3, -0.25) is 4.90 Å². The first-order chi connectivity index (χ1) is 17.2. The van der Waals surface area contributed by atoms with Crippen molar-refractivity contribution in [2.45, 2.75) is 94.0 Å². The molecule has 6 rings (SSSR count). The summed E-state index contributed by atoms with van der Waals surface area (Å²) in [5, 5.41) is 1.74. The lowest BCUT2D eigenvalue weighted by Gasteiger charge is -2.43. The fourth-order valence-electron chi connectivity index (χ4n) is 6.96. The molecule has 3 heterocycles. The quantitative estimate of drug-likeness (QED) is 0.363. The molecule has 2 saturated heterocycles. The Bertz CT molecular complexity index is 1200. The van der Waals surface area contributed by atoms with E-state index < -0.39 is 5.60 Å². The Hall–Kier alpha value is -1.99. The Labute approximate surface area is 223 Å². The molecular weight excluding hydrogens is 492 g/mol. The summed E-state index contributed by atoms with van der Waals surface area (Å²) in [6.45, 7) is 7.41. The van der Waals surface area contributed by atoms with Crippen molar-refractivity contribution in [2.24, 2.45) is 0 Å².